The highest BCUT2D eigenvalue weighted by atomic mass is 16.6. The number of piperazine rings is 1. The molecule has 9 nitrogen and oxygen atoms in total. The maximum absolute atomic E-state index is 12.7. The molecule has 1 aliphatic rings. The summed E-state index contributed by atoms with van der Waals surface area (Å²) in [4.78, 5) is 29.2. The molecule has 1 saturated heterocycles. The average molecular weight is 490 g/mol. The zero-order valence-corrected chi connectivity index (χ0v) is 21.3. The number of nitriles is 1. The third-order valence-electron chi connectivity index (χ3n) is 5.96. The Morgan fingerprint density at radius 1 is 0.972 bits per heavy atom. The first-order valence-electron chi connectivity index (χ1n) is 11.9. The van der Waals surface area contributed by atoms with Crippen LogP contribution in [0.2, 0.25) is 0 Å². The fraction of sp³-hybridized carbons (Fsp3) is 0.370. The second-order valence-electron chi connectivity index (χ2n) is 9.84. The number of anilines is 2. The topological polar surface area (TPSA) is 104 Å². The molecule has 4 rings (SSSR count). The maximum Gasteiger partial charge on any atom is 0.410 e. The van der Waals surface area contributed by atoms with Crippen LogP contribution < -0.4 is 10.2 Å². The number of carbonyl (C=O) groups is 2. The molecule has 1 fully saturated rings. The van der Waals surface area contributed by atoms with Crippen LogP contribution in [0.4, 0.5) is 16.2 Å². The minimum atomic E-state index is -0.531. The van der Waals surface area contributed by atoms with Crippen molar-refractivity contribution in [2.24, 2.45) is 0 Å². The van der Waals surface area contributed by atoms with Crippen LogP contribution in [0, 0.1) is 25.2 Å². The van der Waals surface area contributed by atoms with Crippen molar-refractivity contribution >= 4 is 23.4 Å². The Morgan fingerprint density at radius 3 is 2.22 bits per heavy atom. The van der Waals surface area contributed by atoms with Crippen LogP contribution in [0.5, 0.6) is 0 Å². The van der Waals surface area contributed by atoms with Gasteiger partial charge in [-0.3, -0.25) is 4.79 Å². The van der Waals surface area contributed by atoms with E-state index in [1.165, 1.54) is 12.1 Å². The van der Waals surface area contributed by atoms with Crippen LogP contribution in [-0.2, 0) is 4.74 Å². The minimum Gasteiger partial charge on any atom is -0.444 e. The predicted molar refractivity (Wildman–Crippen MR) is 137 cm³/mol. The molecule has 188 valence electrons. The standard InChI is InChI=1S/C27H31N5O4/c1-18-6-7-19(2)32(18)23-16-20(29-25(33)24-11-9-21(17-28)35-24)8-10-22(23)30-12-14-31(15-13-30)26(34)36-27(3,4)5/h6-11,16H,12-15H2,1-5H3,(H,29,33). The van der Waals surface area contributed by atoms with Crippen LogP contribution in [-0.4, -0.2) is 53.2 Å². The van der Waals surface area contributed by atoms with E-state index < -0.39 is 11.5 Å². The second-order valence-corrected chi connectivity index (χ2v) is 9.84. The summed E-state index contributed by atoms with van der Waals surface area (Å²) in [6.45, 7) is 12.1. The van der Waals surface area contributed by atoms with Crippen LogP contribution in [0.1, 0.15) is 48.5 Å². The van der Waals surface area contributed by atoms with Gasteiger partial charge in [-0.1, -0.05) is 0 Å². The number of hydrogen-bond donors (Lipinski definition) is 1. The zero-order chi connectivity index (χ0) is 26.0. The monoisotopic (exact) mass is 489 g/mol. The lowest BCUT2D eigenvalue weighted by Gasteiger charge is -2.37. The summed E-state index contributed by atoms with van der Waals surface area (Å²) in [6.07, 6.45) is -0.296. The SMILES string of the molecule is Cc1ccc(C)n1-c1cc(NC(=O)c2ccc(C#N)o2)ccc1N1CCN(C(=O)OC(C)(C)C)CC1. The highest BCUT2D eigenvalue weighted by Gasteiger charge is 2.27. The number of ether oxygens (including phenoxy) is 1. The lowest BCUT2D eigenvalue weighted by Crippen LogP contribution is -2.50. The van der Waals surface area contributed by atoms with Gasteiger partial charge in [-0.2, -0.15) is 5.26 Å². The van der Waals surface area contributed by atoms with Gasteiger partial charge in [0, 0.05) is 43.3 Å². The first-order valence-corrected chi connectivity index (χ1v) is 11.9. The van der Waals surface area contributed by atoms with E-state index in [2.05, 4.69) is 26.9 Å². The summed E-state index contributed by atoms with van der Waals surface area (Å²) in [5, 5.41) is 11.8. The Labute approximate surface area is 210 Å². The third kappa shape index (κ3) is 5.38. The van der Waals surface area contributed by atoms with E-state index in [0.717, 1.165) is 22.8 Å². The van der Waals surface area contributed by atoms with E-state index in [-0.39, 0.29) is 17.6 Å². The number of aryl methyl sites for hydroxylation is 2. The lowest BCUT2D eigenvalue weighted by molar-refractivity contribution is 0.0240. The Morgan fingerprint density at radius 2 is 1.64 bits per heavy atom. The Kier molecular flexibility index (Phi) is 6.80. The maximum atomic E-state index is 12.7. The lowest BCUT2D eigenvalue weighted by atomic mass is 10.1. The number of nitrogens with zero attached hydrogens (tertiary/aromatic N) is 4. The van der Waals surface area contributed by atoms with Crippen LogP contribution >= 0.6 is 0 Å². The van der Waals surface area contributed by atoms with Gasteiger partial charge in [0.15, 0.2) is 5.76 Å². The Balaban J connectivity index is 1.59. The number of amides is 2. The molecule has 1 N–H and O–H groups in total. The van der Waals surface area contributed by atoms with Crippen molar-refractivity contribution in [2.75, 3.05) is 36.4 Å². The Bertz CT molecular complexity index is 1300. The van der Waals surface area contributed by atoms with Gasteiger partial charge in [0.1, 0.15) is 11.7 Å². The first-order chi connectivity index (χ1) is 17.1. The van der Waals surface area contributed by atoms with Crippen molar-refractivity contribution in [3.63, 3.8) is 0 Å². The molecule has 2 amide bonds. The average Bonchev–Trinajstić information content (AvgIpc) is 3.44. The van der Waals surface area contributed by atoms with Gasteiger partial charge in [0.2, 0.25) is 5.76 Å². The molecular weight excluding hydrogens is 458 g/mol. The number of carbonyl (C=O) groups excluding carboxylic acids is 2. The smallest absolute Gasteiger partial charge is 0.410 e. The van der Waals surface area contributed by atoms with Crippen LogP contribution in [0.3, 0.4) is 0 Å². The summed E-state index contributed by atoms with van der Waals surface area (Å²) >= 11 is 0. The number of hydrogen-bond acceptors (Lipinski definition) is 6. The van der Waals surface area contributed by atoms with Gasteiger partial charge in [0.05, 0.1) is 11.4 Å². The molecule has 0 radical (unpaired) electrons. The second kappa shape index (κ2) is 9.82. The predicted octanol–water partition coefficient (Wildman–Crippen LogP) is 4.87. The molecule has 3 aromatic rings. The van der Waals surface area contributed by atoms with Gasteiger partial charge < -0.3 is 28.8 Å². The molecule has 9 heteroatoms. The van der Waals surface area contributed by atoms with Crippen molar-refractivity contribution in [3.8, 4) is 11.8 Å². The summed E-state index contributed by atoms with van der Waals surface area (Å²) in [7, 11) is 0. The van der Waals surface area contributed by atoms with E-state index in [4.69, 9.17) is 14.4 Å². The minimum absolute atomic E-state index is 0.0729. The molecular formula is C27H31N5O4. The van der Waals surface area contributed by atoms with Crippen LogP contribution in [0.15, 0.2) is 46.9 Å². The van der Waals surface area contributed by atoms with Crippen molar-refractivity contribution in [3.05, 3.63) is 65.4 Å². The van der Waals surface area contributed by atoms with Gasteiger partial charge in [0.25, 0.3) is 5.91 Å². The molecule has 0 bridgehead atoms. The van der Waals surface area contributed by atoms with Gasteiger partial charge in [-0.05, 0) is 77.1 Å². The van der Waals surface area contributed by atoms with Gasteiger partial charge in [-0.25, -0.2) is 4.79 Å². The molecule has 0 atom stereocenters. The highest BCUT2D eigenvalue weighted by Crippen LogP contribution is 2.32. The number of furan rings is 1. The van der Waals surface area contributed by atoms with E-state index in [1.54, 1.807) is 4.90 Å². The normalized spacial score (nSPS) is 13.9. The zero-order valence-electron chi connectivity index (χ0n) is 21.3. The summed E-state index contributed by atoms with van der Waals surface area (Å²) in [6, 6.07) is 14.7. The van der Waals surface area contributed by atoms with Gasteiger partial charge in [-0.15, -0.1) is 0 Å². The summed E-state index contributed by atoms with van der Waals surface area (Å²) in [5.74, 6) is -0.272. The van der Waals surface area contributed by atoms with Crippen molar-refractivity contribution < 1.29 is 18.7 Å². The van der Waals surface area contributed by atoms with Crippen LogP contribution in [0.25, 0.3) is 5.69 Å². The number of nitrogens with one attached hydrogen (secondary N) is 1. The molecule has 0 aliphatic carbocycles. The van der Waals surface area contributed by atoms with E-state index in [9.17, 15) is 9.59 Å². The fourth-order valence-corrected chi connectivity index (χ4v) is 4.27. The number of aromatic nitrogens is 1. The first kappa shape index (κ1) is 24.9. The molecule has 0 spiro atoms. The molecule has 0 saturated carbocycles. The van der Waals surface area contributed by atoms with E-state index in [1.807, 2.05) is 58.9 Å². The molecule has 3 heterocycles. The van der Waals surface area contributed by atoms with E-state index >= 15 is 0 Å². The number of rotatable bonds is 4. The highest BCUT2D eigenvalue weighted by molar-refractivity contribution is 6.02. The molecule has 0 unspecified atom stereocenters. The molecule has 2 aromatic heterocycles. The quantitative estimate of drug-likeness (QED) is 0.561. The van der Waals surface area contributed by atoms with E-state index in [0.29, 0.717) is 31.9 Å². The van der Waals surface area contributed by atoms with Gasteiger partial charge >= 0.3 is 6.09 Å². The Hall–Kier alpha value is -4.19. The van der Waals surface area contributed by atoms with Crippen molar-refractivity contribution in [1.82, 2.24) is 9.47 Å². The number of benzene rings is 1. The van der Waals surface area contributed by atoms with Crippen molar-refractivity contribution in [2.45, 2.75) is 40.2 Å². The molecule has 36 heavy (non-hydrogen) atoms. The summed E-state index contributed by atoms with van der Waals surface area (Å²) in [5.41, 5.74) is 4.13. The molecule has 1 aromatic carbocycles. The third-order valence-corrected chi connectivity index (χ3v) is 5.96. The summed E-state index contributed by atoms with van der Waals surface area (Å²) < 4.78 is 12.9. The molecule has 1 aliphatic heterocycles. The fourth-order valence-electron chi connectivity index (χ4n) is 4.27. The van der Waals surface area contributed by atoms with Crippen molar-refractivity contribution in [1.29, 1.82) is 5.26 Å². The largest absolute Gasteiger partial charge is 0.444 e.